The average Bonchev–Trinajstić information content (AvgIpc) is 2.63. The molecule has 0 aromatic heterocycles. The average molecular weight is 362 g/mol. The first-order chi connectivity index (χ1) is 11.3. The van der Waals surface area contributed by atoms with E-state index in [0.29, 0.717) is 6.07 Å². The second-order valence-electron chi connectivity index (χ2n) is 7.04. The molecule has 1 atom stereocenters. The highest BCUT2D eigenvalue weighted by Crippen LogP contribution is 2.43. The van der Waals surface area contributed by atoms with Crippen molar-refractivity contribution in [3.8, 4) is 0 Å². The molecule has 0 spiro atoms. The van der Waals surface area contributed by atoms with Crippen molar-refractivity contribution in [1.82, 2.24) is 0 Å². The van der Waals surface area contributed by atoms with Gasteiger partial charge in [-0.3, -0.25) is 4.79 Å². The predicted molar refractivity (Wildman–Crippen MR) is 82.5 cm³/mol. The van der Waals surface area contributed by atoms with Gasteiger partial charge in [0.05, 0.1) is 23.2 Å². The molecule has 1 unspecified atom stereocenters. The summed E-state index contributed by atoms with van der Waals surface area (Å²) in [5, 5.41) is 9.13. The van der Waals surface area contributed by atoms with Gasteiger partial charge in [0.15, 0.2) is 0 Å². The standard InChI is InChI=1S/C16H19BF4O4/c1-14(2)15(3,4)25-17(24-14)11(8-12(22)23)9-6-5-7-10(13(9)18)16(19,20)21/h5-7,11H,8H2,1-4H3,(H,22,23). The molecule has 1 saturated heterocycles. The maximum atomic E-state index is 14.5. The van der Waals surface area contributed by atoms with Crippen molar-refractivity contribution >= 4 is 13.1 Å². The molecule has 1 aliphatic heterocycles. The summed E-state index contributed by atoms with van der Waals surface area (Å²) < 4.78 is 64.8. The molecule has 9 heteroatoms. The maximum Gasteiger partial charge on any atom is 0.466 e. The van der Waals surface area contributed by atoms with Crippen LogP contribution in [0.1, 0.15) is 51.1 Å². The third kappa shape index (κ3) is 3.82. The molecule has 1 fully saturated rings. The Balaban J connectivity index is 2.49. The van der Waals surface area contributed by atoms with Crippen molar-refractivity contribution in [3.05, 3.63) is 35.1 Å². The number of alkyl halides is 3. The van der Waals surface area contributed by atoms with Crippen LogP contribution in [-0.4, -0.2) is 29.4 Å². The number of rotatable bonds is 4. The number of carboxylic acid groups (broad SMARTS) is 1. The van der Waals surface area contributed by atoms with E-state index in [9.17, 15) is 22.4 Å². The molecule has 25 heavy (non-hydrogen) atoms. The van der Waals surface area contributed by atoms with Crippen LogP contribution >= 0.6 is 0 Å². The summed E-state index contributed by atoms with van der Waals surface area (Å²) in [6.45, 7) is 6.86. The van der Waals surface area contributed by atoms with Crippen molar-refractivity contribution in [1.29, 1.82) is 0 Å². The van der Waals surface area contributed by atoms with Crippen LogP contribution in [0.4, 0.5) is 17.6 Å². The SMILES string of the molecule is CC1(C)OB(C(CC(=O)O)c2cccc(C(F)(F)F)c2F)OC1(C)C. The summed E-state index contributed by atoms with van der Waals surface area (Å²) in [5.41, 5.74) is -3.49. The zero-order valence-electron chi connectivity index (χ0n) is 14.3. The summed E-state index contributed by atoms with van der Waals surface area (Å²) in [5.74, 6) is -4.02. The van der Waals surface area contributed by atoms with E-state index in [-0.39, 0.29) is 0 Å². The van der Waals surface area contributed by atoms with Gasteiger partial charge in [0, 0.05) is 5.82 Å². The highest BCUT2D eigenvalue weighted by molar-refractivity contribution is 6.48. The first-order valence-electron chi connectivity index (χ1n) is 7.69. The first kappa shape index (κ1) is 19.7. The van der Waals surface area contributed by atoms with Crippen molar-refractivity contribution in [3.63, 3.8) is 0 Å². The largest absolute Gasteiger partial charge is 0.481 e. The van der Waals surface area contributed by atoms with Gasteiger partial charge in [-0.15, -0.1) is 0 Å². The highest BCUT2D eigenvalue weighted by Gasteiger charge is 2.55. The second-order valence-corrected chi connectivity index (χ2v) is 7.04. The molecular formula is C16H19BF4O4. The van der Waals surface area contributed by atoms with E-state index in [1.54, 1.807) is 27.7 Å². The van der Waals surface area contributed by atoms with Crippen molar-refractivity contribution in [2.45, 2.75) is 57.3 Å². The molecule has 0 amide bonds. The smallest absolute Gasteiger partial charge is 0.466 e. The summed E-state index contributed by atoms with van der Waals surface area (Å²) in [6, 6.07) is 2.78. The number of hydrogen-bond acceptors (Lipinski definition) is 3. The molecule has 2 rings (SSSR count). The summed E-state index contributed by atoms with van der Waals surface area (Å²) >= 11 is 0. The minimum Gasteiger partial charge on any atom is -0.481 e. The Morgan fingerprint density at radius 3 is 2.16 bits per heavy atom. The lowest BCUT2D eigenvalue weighted by Crippen LogP contribution is -2.41. The van der Waals surface area contributed by atoms with Gasteiger partial charge in [0.1, 0.15) is 5.82 Å². The highest BCUT2D eigenvalue weighted by atomic mass is 19.4. The Kier molecular flexibility index (Phi) is 4.95. The van der Waals surface area contributed by atoms with Gasteiger partial charge in [0.2, 0.25) is 0 Å². The molecule has 1 heterocycles. The lowest BCUT2D eigenvalue weighted by atomic mass is 9.65. The minimum absolute atomic E-state index is 0.393. The van der Waals surface area contributed by atoms with Gasteiger partial charge < -0.3 is 14.4 Å². The van der Waals surface area contributed by atoms with Crippen LogP contribution in [0.2, 0.25) is 0 Å². The van der Waals surface area contributed by atoms with Crippen LogP contribution in [-0.2, 0) is 20.3 Å². The molecule has 1 aromatic carbocycles. The lowest BCUT2D eigenvalue weighted by molar-refractivity contribution is -0.140. The lowest BCUT2D eigenvalue weighted by Gasteiger charge is -2.32. The number of hydrogen-bond donors (Lipinski definition) is 1. The quantitative estimate of drug-likeness (QED) is 0.649. The maximum absolute atomic E-state index is 14.5. The second kappa shape index (κ2) is 6.28. The molecule has 1 N–H and O–H groups in total. The normalized spacial score (nSPS) is 20.6. The monoisotopic (exact) mass is 362 g/mol. The number of halogens is 4. The number of carbonyl (C=O) groups is 1. The van der Waals surface area contributed by atoms with Gasteiger partial charge >= 0.3 is 19.3 Å². The molecule has 138 valence electrons. The first-order valence-corrected chi connectivity index (χ1v) is 7.69. The Labute approximate surface area is 143 Å². The number of aliphatic carboxylic acids is 1. The van der Waals surface area contributed by atoms with E-state index >= 15 is 0 Å². The zero-order chi connectivity index (χ0) is 19.2. The molecule has 1 aliphatic rings. The number of carboxylic acids is 1. The Bertz CT molecular complexity index is 657. The predicted octanol–water partition coefficient (Wildman–Crippen LogP) is 4.03. The van der Waals surface area contributed by atoms with E-state index in [1.165, 1.54) is 0 Å². The fourth-order valence-electron chi connectivity index (χ4n) is 2.65. The van der Waals surface area contributed by atoms with Crippen molar-refractivity contribution in [2.24, 2.45) is 0 Å². The topological polar surface area (TPSA) is 55.8 Å². The summed E-state index contributed by atoms with van der Waals surface area (Å²) in [6.07, 6.45) is -5.52. The molecule has 0 aliphatic carbocycles. The minimum atomic E-state index is -4.89. The van der Waals surface area contributed by atoms with Crippen LogP contribution in [0.25, 0.3) is 0 Å². The van der Waals surface area contributed by atoms with Gasteiger partial charge in [-0.25, -0.2) is 4.39 Å². The molecular weight excluding hydrogens is 343 g/mol. The Hall–Kier alpha value is -1.61. The Morgan fingerprint density at radius 2 is 1.72 bits per heavy atom. The van der Waals surface area contributed by atoms with Crippen LogP contribution in [0.5, 0.6) is 0 Å². The van der Waals surface area contributed by atoms with E-state index < -0.39 is 59.6 Å². The third-order valence-electron chi connectivity index (χ3n) is 4.73. The van der Waals surface area contributed by atoms with E-state index in [0.717, 1.165) is 12.1 Å². The van der Waals surface area contributed by atoms with E-state index in [2.05, 4.69) is 0 Å². The van der Waals surface area contributed by atoms with Crippen molar-refractivity contribution in [2.75, 3.05) is 0 Å². The van der Waals surface area contributed by atoms with Crippen LogP contribution < -0.4 is 0 Å². The van der Waals surface area contributed by atoms with Gasteiger partial charge in [-0.1, -0.05) is 12.1 Å². The molecule has 0 radical (unpaired) electrons. The third-order valence-corrected chi connectivity index (χ3v) is 4.73. The Morgan fingerprint density at radius 1 is 1.20 bits per heavy atom. The zero-order valence-corrected chi connectivity index (χ0v) is 14.3. The van der Waals surface area contributed by atoms with Gasteiger partial charge in [-0.05, 0) is 39.3 Å². The fraction of sp³-hybridized carbons (Fsp3) is 0.562. The fourth-order valence-corrected chi connectivity index (χ4v) is 2.65. The number of benzene rings is 1. The molecule has 0 bridgehead atoms. The van der Waals surface area contributed by atoms with E-state index in [4.69, 9.17) is 14.4 Å². The molecule has 1 aromatic rings. The van der Waals surface area contributed by atoms with Crippen LogP contribution in [0.15, 0.2) is 18.2 Å². The van der Waals surface area contributed by atoms with Gasteiger partial charge in [-0.2, -0.15) is 13.2 Å². The van der Waals surface area contributed by atoms with Crippen molar-refractivity contribution < 1.29 is 36.8 Å². The molecule has 4 nitrogen and oxygen atoms in total. The van der Waals surface area contributed by atoms with Crippen LogP contribution in [0.3, 0.4) is 0 Å². The summed E-state index contributed by atoms with van der Waals surface area (Å²) in [4.78, 5) is 11.2. The van der Waals surface area contributed by atoms with E-state index in [1.807, 2.05) is 0 Å². The summed E-state index contributed by atoms with van der Waals surface area (Å²) in [7, 11) is -1.18. The molecule has 0 saturated carbocycles. The van der Waals surface area contributed by atoms with Crippen LogP contribution in [0, 0.1) is 5.82 Å². The van der Waals surface area contributed by atoms with Gasteiger partial charge in [0.25, 0.3) is 0 Å².